The number of para-hydroxylation sites is 1. The summed E-state index contributed by atoms with van der Waals surface area (Å²) >= 11 is 1.61. The molecule has 1 heterocycles. The summed E-state index contributed by atoms with van der Waals surface area (Å²) in [4.78, 5) is 40.6. The van der Waals surface area contributed by atoms with Crippen molar-refractivity contribution in [1.82, 2.24) is 15.6 Å². The first-order valence-electron chi connectivity index (χ1n) is 9.68. The van der Waals surface area contributed by atoms with Crippen LogP contribution in [0.25, 0.3) is 10.2 Å². The molecule has 0 spiro atoms. The Balaban J connectivity index is 1.59. The number of fused-ring (bicyclic) bond motifs is 1. The summed E-state index contributed by atoms with van der Waals surface area (Å²) in [5.74, 6) is -1.33. The molecule has 0 unspecified atom stereocenters. The molecule has 1 fully saturated rings. The Bertz CT molecular complexity index is 818. The number of aromatic nitrogens is 1. The standard InChI is InChI=1S/C20H25N3O4S/c1-2-11-21-20(26)23-17(24)12-27-19(25)14-8-4-3-7-13(14)18-22-15-9-5-6-10-16(15)28-18/h5-6,9-10,13-14H,2-4,7-8,11-12H2,1H3,(H2,21,23,24,26)/t13-,14-/m0/s1. The molecule has 0 saturated heterocycles. The van der Waals surface area contributed by atoms with E-state index in [-0.39, 0.29) is 11.8 Å². The number of nitrogens with one attached hydrogen (secondary N) is 2. The Hall–Kier alpha value is -2.48. The minimum atomic E-state index is -0.630. The summed E-state index contributed by atoms with van der Waals surface area (Å²) < 4.78 is 6.32. The first kappa shape index (κ1) is 20.3. The van der Waals surface area contributed by atoms with Crippen molar-refractivity contribution in [2.75, 3.05) is 13.2 Å². The smallest absolute Gasteiger partial charge is 0.321 e. The molecule has 0 aliphatic heterocycles. The number of hydrogen-bond acceptors (Lipinski definition) is 6. The zero-order valence-electron chi connectivity index (χ0n) is 15.9. The third-order valence-electron chi connectivity index (χ3n) is 4.83. The van der Waals surface area contributed by atoms with E-state index >= 15 is 0 Å². The van der Waals surface area contributed by atoms with Gasteiger partial charge in [-0.2, -0.15) is 0 Å². The molecule has 1 aliphatic rings. The molecular weight excluding hydrogens is 378 g/mol. The van der Waals surface area contributed by atoms with E-state index in [9.17, 15) is 14.4 Å². The van der Waals surface area contributed by atoms with Gasteiger partial charge in [0.15, 0.2) is 6.61 Å². The van der Waals surface area contributed by atoms with E-state index in [4.69, 9.17) is 9.72 Å². The van der Waals surface area contributed by atoms with Crippen LogP contribution in [0.3, 0.4) is 0 Å². The highest BCUT2D eigenvalue weighted by Crippen LogP contribution is 2.41. The number of nitrogens with zero attached hydrogens (tertiary/aromatic N) is 1. The van der Waals surface area contributed by atoms with Gasteiger partial charge in [-0.1, -0.05) is 31.9 Å². The normalized spacial score (nSPS) is 19.2. The summed E-state index contributed by atoms with van der Waals surface area (Å²) in [6, 6.07) is 7.35. The fourth-order valence-electron chi connectivity index (χ4n) is 3.45. The van der Waals surface area contributed by atoms with E-state index in [1.807, 2.05) is 31.2 Å². The van der Waals surface area contributed by atoms with Gasteiger partial charge in [-0.05, 0) is 31.4 Å². The summed E-state index contributed by atoms with van der Waals surface area (Å²) in [6.45, 7) is 1.93. The first-order valence-corrected chi connectivity index (χ1v) is 10.5. The molecule has 2 N–H and O–H groups in total. The summed E-state index contributed by atoms with van der Waals surface area (Å²) in [6.07, 6.45) is 4.36. The number of benzene rings is 1. The molecule has 1 aliphatic carbocycles. The number of ether oxygens (including phenoxy) is 1. The molecule has 2 aromatic rings. The van der Waals surface area contributed by atoms with Crippen LogP contribution in [0.4, 0.5) is 4.79 Å². The molecule has 8 heteroatoms. The van der Waals surface area contributed by atoms with Crippen molar-refractivity contribution in [2.24, 2.45) is 5.92 Å². The van der Waals surface area contributed by atoms with E-state index in [0.717, 1.165) is 47.3 Å². The molecule has 7 nitrogen and oxygen atoms in total. The average Bonchev–Trinajstić information content (AvgIpc) is 3.14. The van der Waals surface area contributed by atoms with Crippen LogP contribution < -0.4 is 10.6 Å². The third-order valence-corrected chi connectivity index (χ3v) is 6.00. The van der Waals surface area contributed by atoms with Crippen LogP contribution >= 0.6 is 11.3 Å². The van der Waals surface area contributed by atoms with E-state index in [1.54, 1.807) is 11.3 Å². The largest absolute Gasteiger partial charge is 0.455 e. The van der Waals surface area contributed by atoms with Gasteiger partial charge in [-0.15, -0.1) is 11.3 Å². The van der Waals surface area contributed by atoms with Crippen molar-refractivity contribution in [3.8, 4) is 0 Å². The fraction of sp³-hybridized carbons (Fsp3) is 0.500. The maximum atomic E-state index is 12.6. The molecule has 1 aromatic heterocycles. The lowest BCUT2D eigenvalue weighted by Gasteiger charge is -2.28. The second-order valence-corrected chi connectivity index (χ2v) is 7.99. The lowest BCUT2D eigenvalue weighted by atomic mass is 9.79. The number of esters is 1. The molecule has 28 heavy (non-hydrogen) atoms. The van der Waals surface area contributed by atoms with Gasteiger partial charge >= 0.3 is 12.0 Å². The number of imide groups is 1. The van der Waals surface area contributed by atoms with Crippen molar-refractivity contribution < 1.29 is 19.1 Å². The second kappa shape index (κ2) is 9.64. The van der Waals surface area contributed by atoms with Gasteiger partial charge in [0.1, 0.15) is 0 Å². The van der Waals surface area contributed by atoms with Crippen LogP contribution in [0.2, 0.25) is 0 Å². The topological polar surface area (TPSA) is 97.4 Å². The number of rotatable bonds is 6. The highest BCUT2D eigenvalue weighted by Gasteiger charge is 2.35. The van der Waals surface area contributed by atoms with Gasteiger partial charge in [-0.25, -0.2) is 9.78 Å². The number of urea groups is 1. The lowest BCUT2D eigenvalue weighted by molar-refractivity contribution is -0.154. The van der Waals surface area contributed by atoms with Gasteiger partial charge in [0.05, 0.1) is 21.1 Å². The van der Waals surface area contributed by atoms with Gasteiger partial charge in [0.2, 0.25) is 0 Å². The van der Waals surface area contributed by atoms with Gasteiger partial charge < -0.3 is 10.1 Å². The van der Waals surface area contributed by atoms with Crippen molar-refractivity contribution in [3.05, 3.63) is 29.3 Å². The average molecular weight is 404 g/mol. The Morgan fingerprint density at radius 1 is 1.21 bits per heavy atom. The zero-order chi connectivity index (χ0) is 19.9. The molecule has 150 valence electrons. The first-order chi connectivity index (χ1) is 13.6. The van der Waals surface area contributed by atoms with Crippen LogP contribution in [0.15, 0.2) is 24.3 Å². The molecule has 0 bridgehead atoms. The number of amides is 3. The van der Waals surface area contributed by atoms with Crippen molar-refractivity contribution in [1.29, 1.82) is 0 Å². The number of carbonyl (C=O) groups is 3. The Morgan fingerprint density at radius 3 is 2.79 bits per heavy atom. The molecule has 3 rings (SSSR count). The maximum Gasteiger partial charge on any atom is 0.321 e. The highest BCUT2D eigenvalue weighted by atomic mass is 32.1. The second-order valence-electron chi connectivity index (χ2n) is 6.93. The Labute approximate surface area is 167 Å². The minimum absolute atomic E-state index is 0.00886. The van der Waals surface area contributed by atoms with E-state index in [2.05, 4.69) is 10.6 Å². The molecule has 1 saturated carbocycles. The van der Waals surface area contributed by atoms with Crippen molar-refractivity contribution in [2.45, 2.75) is 44.9 Å². The van der Waals surface area contributed by atoms with Crippen LogP contribution in [-0.2, 0) is 14.3 Å². The monoisotopic (exact) mass is 403 g/mol. The summed E-state index contributed by atoms with van der Waals surface area (Å²) in [7, 11) is 0. The van der Waals surface area contributed by atoms with Gasteiger partial charge in [0.25, 0.3) is 5.91 Å². The Morgan fingerprint density at radius 2 is 2.00 bits per heavy atom. The van der Waals surface area contributed by atoms with Crippen LogP contribution in [0, 0.1) is 5.92 Å². The van der Waals surface area contributed by atoms with Crippen LogP contribution in [-0.4, -0.2) is 36.0 Å². The quantitative estimate of drug-likeness (QED) is 0.721. The van der Waals surface area contributed by atoms with Crippen LogP contribution in [0.5, 0.6) is 0 Å². The predicted molar refractivity (Wildman–Crippen MR) is 107 cm³/mol. The third kappa shape index (κ3) is 5.07. The maximum absolute atomic E-state index is 12.6. The highest BCUT2D eigenvalue weighted by molar-refractivity contribution is 7.18. The van der Waals surface area contributed by atoms with E-state index in [0.29, 0.717) is 6.54 Å². The minimum Gasteiger partial charge on any atom is -0.455 e. The number of thiazole rings is 1. The van der Waals surface area contributed by atoms with Gasteiger partial charge in [0, 0.05) is 12.5 Å². The molecule has 0 radical (unpaired) electrons. The predicted octanol–water partition coefficient (Wildman–Crippen LogP) is 3.35. The molecule has 2 atom stereocenters. The molecule has 1 aromatic carbocycles. The summed E-state index contributed by atoms with van der Waals surface area (Å²) in [5.41, 5.74) is 0.942. The number of carbonyl (C=O) groups excluding carboxylic acids is 3. The fourth-order valence-corrected chi connectivity index (χ4v) is 4.61. The molecule has 3 amide bonds. The number of hydrogen-bond donors (Lipinski definition) is 2. The SMILES string of the molecule is CCCNC(=O)NC(=O)COC(=O)[C@H]1CCCC[C@@H]1c1nc2ccccc2s1. The van der Waals surface area contributed by atoms with E-state index in [1.165, 1.54) is 0 Å². The molecular formula is C20H25N3O4S. The lowest BCUT2D eigenvalue weighted by Crippen LogP contribution is -2.42. The summed E-state index contributed by atoms with van der Waals surface area (Å²) in [5, 5.41) is 5.64. The zero-order valence-corrected chi connectivity index (χ0v) is 16.7. The Kier molecular flexibility index (Phi) is 6.97. The van der Waals surface area contributed by atoms with Crippen molar-refractivity contribution >= 4 is 39.5 Å². The van der Waals surface area contributed by atoms with Crippen molar-refractivity contribution in [3.63, 3.8) is 0 Å². The van der Waals surface area contributed by atoms with E-state index < -0.39 is 24.5 Å². The van der Waals surface area contributed by atoms with Crippen LogP contribution in [0.1, 0.15) is 50.0 Å². The van der Waals surface area contributed by atoms with Gasteiger partial charge in [-0.3, -0.25) is 14.9 Å².